The highest BCUT2D eigenvalue weighted by Crippen LogP contribution is 2.25. The molecule has 1 aromatic heterocycles. The van der Waals surface area contributed by atoms with Crippen molar-refractivity contribution in [3.8, 4) is 0 Å². The SMILES string of the molecule is C=C(Nc1cc(C(=O)OC)c2cn[nH]c2c1)Nc1c(C)cccc1C=N. The van der Waals surface area contributed by atoms with Gasteiger partial charge in [0.05, 0.1) is 30.1 Å². The highest BCUT2D eigenvalue weighted by atomic mass is 16.5. The van der Waals surface area contributed by atoms with Gasteiger partial charge in [-0.15, -0.1) is 0 Å². The zero-order valence-corrected chi connectivity index (χ0v) is 14.5. The zero-order chi connectivity index (χ0) is 18.7. The lowest BCUT2D eigenvalue weighted by molar-refractivity contribution is 0.0603. The van der Waals surface area contributed by atoms with E-state index in [0.29, 0.717) is 28.0 Å². The van der Waals surface area contributed by atoms with Gasteiger partial charge in [0.25, 0.3) is 0 Å². The van der Waals surface area contributed by atoms with Crippen LogP contribution < -0.4 is 10.6 Å². The molecule has 0 aliphatic carbocycles. The van der Waals surface area contributed by atoms with Gasteiger partial charge >= 0.3 is 5.97 Å². The van der Waals surface area contributed by atoms with Crippen LogP contribution >= 0.6 is 0 Å². The van der Waals surface area contributed by atoms with Crippen molar-refractivity contribution in [1.82, 2.24) is 10.2 Å². The number of para-hydroxylation sites is 1. The third kappa shape index (κ3) is 3.27. The molecule has 4 N–H and O–H groups in total. The number of methoxy groups -OCH3 is 1. The number of rotatable bonds is 6. The second-order valence-electron chi connectivity index (χ2n) is 5.76. The first-order valence-electron chi connectivity index (χ1n) is 7.92. The fourth-order valence-corrected chi connectivity index (χ4v) is 2.74. The van der Waals surface area contributed by atoms with Gasteiger partial charge < -0.3 is 20.8 Å². The van der Waals surface area contributed by atoms with E-state index in [-0.39, 0.29) is 0 Å². The van der Waals surface area contributed by atoms with Gasteiger partial charge in [-0.3, -0.25) is 5.10 Å². The number of nitrogens with zero attached hydrogens (tertiary/aromatic N) is 1. The molecule has 3 aromatic rings. The number of anilines is 2. The number of carbonyl (C=O) groups is 1. The van der Waals surface area contributed by atoms with E-state index in [0.717, 1.165) is 16.8 Å². The van der Waals surface area contributed by atoms with Crippen LogP contribution in [0.4, 0.5) is 11.4 Å². The van der Waals surface area contributed by atoms with Gasteiger partial charge in [-0.2, -0.15) is 5.10 Å². The van der Waals surface area contributed by atoms with Crippen molar-refractivity contribution in [2.75, 3.05) is 17.7 Å². The first kappa shape index (κ1) is 17.2. The summed E-state index contributed by atoms with van der Waals surface area (Å²) in [7, 11) is 1.34. The summed E-state index contributed by atoms with van der Waals surface area (Å²) in [4.78, 5) is 12.0. The van der Waals surface area contributed by atoms with E-state index in [1.54, 1.807) is 12.3 Å². The maximum Gasteiger partial charge on any atom is 0.338 e. The molecular weight excluding hydrogens is 330 g/mol. The molecule has 2 aromatic carbocycles. The fraction of sp³-hybridized carbons (Fsp3) is 0.105. The largest absolute Gasteiger partial charge is 0.465 e. The highest BCUT2D eigenvalue weighted by molar-refractivity contribution is 6.05. The normalized spacial score (nSPS) is 10.4. The Morgan fingerprint density at radius 1 is 1.35 bits per heavy atom. The molecule has 0 spiro atoms. The Balaban J connectivity index is 1.88. The summed E-state index contributed by atoms with van der Waals surface area (Å²) in [5.74, 6) is 0.0701. The number of fused-ring (bicyclic) bond motifs is 1. The lowest BCUT2D eigenvalue weighted by Gasteiger charge is -2.16. The van der Waals surface area contributed by atoms with Crippen LogP contribution in [0.3, 0.4) is 0 Å². The number of carbonyl (C=O) groups excluding carboxylic acids is 1. The number of H-pyrrole nitrogens is 1. The van der Waals surface area contributed by atoms with Crippen molar-refractivity contribution in [2.24, 2.45) is 0 Å². The number of aromatic amines is 1. The molecule has 0 radical (unpaired) electrons. The van der Waals surface area contributed by atoms with Crippen LogP contribution in [0.2, 0.25) is 0 Å². The first-order valence-corrected chi connectivity index (χ1v) is 7.92. The smallest absolute Gasteiger partial charge is 0.338 e. The van der Waals surface area contributed by atoms with E-state index in [4.69, 9.17) is 10.1 Å². The average Bonchev–Trinajstić information content (AvgIpc) is 3.10. The Kier molecular flexibility index (Phi) is 4.70. The van der Waals surface area contributed by atoms with Gasteiger partial charge in [-0.25, -0.2) is 4.79 Å². The Bertz CT molecular complexity index is 1010. The van der Waals surface area contributed by atoms with Crippen LogP contribution in [0, 0.1) is 12.3 Å². The van der Waals surface area contributed by atoms with E-state index >= 15 is 0 Å². The van der Waals surface area contributed by atoms with Crippen molar-refractivity contribution in [2.45, 2.75) is 6.92 Å². The molecule has 3 rings (SSSR count). The summed E-state index contributed by atoms with van der Waals surface area (Å²) in [5, 5.41) is 21.4. The molecule has 0 saturated heterocycles. The van der Waals surface area contributed by atoms with Crippen LogP contribution in [0.1, 0.15) is 21.5 Å². The predicted molar refractivity (Wildman–Crippen MR) is 103 cm³/mol. The molecule has 132 valence electrons. The Hall–Kier alpha value is -3.61. The molecule has 0 unspecified atom stereocenters. The summed E-state index contributed by atoms with van der Waals surface area (Å²) >= 11 is 0. The minimum atomic E-state index is -0.441. The molecule has 7 nitrogen and oxygen atoms in total. The lowest BCUT2D eigenvalue weighted by atomic mass is 10.1. The van der Waals surface area contributed by atoms with Gasteiger partial charge in [0.1, 0.15) is 5.82 Å². The number of aryl methyl sites for hydroxylation is 1. The molecule has 0 saturated carbocycles. The van der Waals surface area contributed by atoms with E-state index in [2.05, 4.69) is 27.4 Å². The van der Waals surface area contributed by atoms with Crippen LogP contribution in [0.25, 0.3) is 10.9 Å². The van der Waals surface area contributed by atoms with E-state index in [1.807, 2.05) is 31.2 Å². The number of benzene rings is 2. The molecule has 0 aliphatic heterocycles. The van der Waals surface area contributed by atoms with Crippen molar-refractivity contribution >= 4 is 34.5 Å². The number of aromatic nitrogens is 2. The summed E-state index contributed by atoms with van der Waals surface area (Å²) in [6.07, 6.45) is 2.87. The molecule has 0 aliphatic rings. The van der Waals surface area contributed by atoms with Crippen molar-refractivity contribution in [3.63, 3.8) is 0 Å². The van der Waals surface area contributed by atoms with Crippen LogP contribution in [0.15, 0.2) is 48.9 Å². The number of esters is 1. The summed E-state index contributed by atoms with van der Waals surface area (Å²) < 4.78 is 4.84. The number of hydrogen-bond donors (Lipinski definition) is 4. The molecule has 7 heteroatoms. The van der Waals surface area contributed by atoms with Gasteiger partial charge in [-0.1, -0.05) is 24.8 Å². The monoisotopic (exact) mass is 349 g/mol. The molecule has 0 bridgehead atoms. The Labute approximate surface area is 150 Å². The van der Waals surface area contributed by atoms with Gasteiger partial charge in [0.2, 0.25) is 0 Å². The minimum absolute atomic E-state index is 0.408. The van der Waals surface area contributed by atoms with Crippen molar-refractivity contribution < 1.29 is 9.53 Å². The van der Waals surface area contributed by atoms with Crippen LogP contribution in [-0.2, 0) is 4.74 Å². The molecule has 0 atom stereocenters. The maximum atomic E-state index is 12.0. The van der Waals surface area contributed by atoms with E-state index < -0.39 is 5.97 Å². The summed E-state index contributed by atoms with van der Waals surface area (Å²) in [5.41, 5.74) is 4.32. The van der Waals surface area contributed by atoms with E-state index in [9.17, 15) is 4.79 Å². The lowest BCUT2D eigenvalue weighted by Crippen LogP contribution is -2.11. The number of hydrogen-bond acceptors (Lipinski definition) is 6. The third-order valence-corrected chi connectivity index (χ3v) is 4.00. The second-order valence-corrected chi connectivity index (χ2v) is 5.76. The maximum absolute atomic E-state index is 12.0. The zero-order valence-electron chi connectivity index (χ0n) is 14.5. The highest BCUT2D eigenvalue weighted by Gasteiger charge is 2.14. The minimum Gasteiger partial charge on any atom is -0.465 e. The first-order chi connectivity index (χ1) is 12.5. The topological polar surface area (TPSA) is 103 Å². The Morgan fingerprint density at radius 2 is 2.15 bits per heavy atom. The molecule has 1 heterocycles. The van der Waals surface area contributed by atoms with Crippen LogP contribution in [-0.4, -0.2) is 29.5 Å². The second kappa shape index (κ2) is 7.10. The summed E-state index contributed by atoms with van der Waals surface area (Å²) in [6.45, 7) is 5.94. The van der Waals surface area contributed by atoms with Crippen molar-refractivity contribution in [3.05, 3.63) is 65.6 Å². The Morgan fingerprint density at radius 3 is 2.88 bits per heavy atom. The molecule has 0 amide bonds. The van der Waals surface area contributed by atoms with E-state index in [1.165, 1.54) is 13.3 Å². The number of nitrogens with one attached hydrogen (secondary N) is 4. The third-order valence-electron chi connectivity index (χ3n) is 4.00. The predicted octanol–water partition coefficient (Wildman–Crippen LogP) is 3.65. The van der Waals surface area contributed by atoms with Gasteiger partial charge in [0.15, 0.2) is 0 Å². The van der Waals surface area contributed by atoms with Gasteiger partial charge in [0, 0.05) is 22.9 Å². The average molecular weight is 349 g/mol. The van der Waals surface area contributed by atoms with Gasteiger partial charge in [-0.05, 0) is 24.6 Å². The van der Waals surface area contributed by atoms with Crippen LogP contribution in [0.5, 0.6) is 0 Å². The molecule has 0 fully saturated rings. The standard InChI is InChI=1S/C19H19N5O2/c1-11-5-4-6-13(9-20)18(11)23-12(2)22-14-7-15(19(25)26-3)16-10-21-24-17(16)8-14/h4-10,20,22-23H,2H2,1,3H3,(H,21,24). The number of ether oxygens (including phenoxy) is 1. The fourth-order valence-electron chi connectivity index (χ4n) is 2.74. The quantitative estimate of drug-likeness (QED) is 0.402. The molecule has 26 heavy (non-hydrogen) atoms. The molecular formula is C19H19N5O2. The summed E-state index contributed by atoms with van der Waals surface area (Å²) in [6, 6.07) is 9.21. The van der Waals surface area contributed by atoms with Crippen molar-refractivity contribution in [1.29, 1.82) is 5.41 Å².